The third-order valence-electron chi connectivity index (χ3n) is 2.69. The summed E-state index contributed by atoms with van der Waals surface area (Å²) in [5.41, 5.74) is 0. The van der Waals surface area contributed by atoms with Crippen LogP contribution in [-0.2, 0) is 6.54 Å². The first kappa shape index (κ1) is 10.1. The summed E-state index contributed by atoms with van der Waals surface area (Å²) in [5.74, 6) is 0. The number of nitrogens with one attached hydrogen (secondary N) is 1. The molecule has 0 radical (unpaired) electrons. The van der Waals surface area contributed by atoms with E-state index < -0.39 is 0 Å². The van der Waals surface area contributed by atoms with Crippen LogP contribution in [0.5, 0.6) is 0 Å². The lowest BCUT2D eigenvalue weighted by Crippen LogP contribution is -2.30. The van der Waals surface area contributed by atoms with Crippen molar-refractivity contribution in [1.82, 2.24) is 10.2 Å². The minimum absolute atomic E-state index is 0.888. The van der Waals surface area contributed by atoms with Crippen molar-refractivity contribution in [3.8, 4) is 0 Å². The van der Waals surface area contributed by atoms with Crippen LogP contribution >= 0.6 is 11.3 Å². The second-order valence-corrected chi connectivity index (χ2v) is 5.00. The van der Waals surface area contributed by atoms with E-state index in [4.69, 9.17) is 0 Å². The molecule has 0 bridgehead atoms. The van der Waals surface area contributed by atoms with Crippen LogP contribution in [0.25, 0.3) is 0 Å². The van der Waals surface area contributed by atoms with E-state index in [1.165, 1.54) is 24.3 Å². The van der Waals surface area contributed by atoms with Crippen LogP contribution in [-0.4, -0.2) is 31.1 Å². The van der Waals surface area contributed by atoms with Crippen molar-refractivity contribution in [2.24, 2.45) is 0 Å². The molecule has 0 aliphatic heterocycles. The Kier molecular flexibility index (Phi) is 3.56. The molecule has 1 aliphatic rings. The summed E-state index contributed by atoms with van der Waals surface area (Å²) in [6, 6.07) is 5.18. The Morgan fingerprint density at radius 2 is 2.43 bits per heavy atom. The van der Waals surface area contributed by atoms with Gasteiger partial charge in [-0.1, -0.05) is 6.07 Å². The van der Waals surface area contributed by atoms with Crippen LogP contribution in [0.15, 0.2) is 17.5 Å². The number of likely N-dealkylation sites (N-methyl/N-ethyl adjacent to an activating group) is 1. The standard InChI is InChI=1S/C11H18N2S/c1-13(10-4-5-10)7-6-12-9-11-3-2-8-14-11/h2-3,8,10,12H,4-7,9H2,1H3. The van der Waals surface area contributed by atoms with Crippen molar-refractivity contribution < 1.29 is 0 Å². The van der Waals surface area contributed by atoms with Gasteiger partial charge in [-0.3, -0.25) is 0 Å². The molecule has 1 heterocycles. The predicted molar refractivity (Wildman–Crippen MR) is 61.7 cm³/mol. The molecule has 3 heteroatoms. The van der Waals surface area contributed by atoms with Gasteiger partial charge in [-0.25, -0.2) is 0 Å². The molecular formula is C11H18N2S. The van der Waals surface area contributed by atoms with Crippen molar-refractivity contribution in [1.29, 1.82) is 0 Å². The molecule has 0 aromatic carbocycles. The number of rotatable bonds is 6. The van der Waals surface area contributed by atoms with Gasteiger partial charge in [0.2, 0.25) is 0 Å². The highest BCUT2D eigenvalue weighted by atomic mass is 32.1. The second kappa shape index (κ2) is 4.91. The maximum atomic E-state index is 3.47. The Bertz CT molecular complexity index is 254. The molecule has 2 rings (SSSR count). The molecule has 0 spiro atoms. The highest BCUT2D eigenvalue weighted by Crippen LogP contribution is 2.24. The van der Waals surface area contributed by atoms with Gasteiger partial charge >= 0.3 is 0 Å². The first-order valence-electron chi connectivity index (χ1n) is 5.29. The topological polar surface area (TPSA) is 15.3 Å². The van der Waals surface area contributed by atoms with Crippen molar-refractivity contribution in [2.45, 2.75) is 25.4 Å². The van der Waals surface area contributed by atoms with Crippen LogP contribution in [0.1, 0.15) is 17.7 Å². The fourth-order valence-electron chi connectivity index (χ4n) is 1.58. The molecule has 1 fully saturated rings. The van der Waals surface area contributed by atoms with Crippen LogP contribution in [0, 0.1) is 0 Å². The van der Waals surface area contributed by atoms with Gasteiger partial charge in [0.15, 0.2) is 0 Å². The Labute approximate surface area is 89.9 Å². The van der Waals surface area contributed by atoms with Crippen LogP contribution in [0.4, 0.5) is 0 Å². The summed E-state index contributed by atoms with van der Waals surface area (Å²) in [7, 11) is 2.23. The third-order valence-corrected chi connectivity index (χ3v) is 3.57. The van der Waals surface area contributed by atoms with Crippen molar-refractivity contribution >= 4 is 11.3 Å². The molecule has 0 saturated heterocycles. The SMILES string of the molecule is CN(CCNCc1cccs1)C1CC1. The Balaban J connectivity index is 1.54. The third kappa shape index (κ3) is 3.08. The number of hydrogen-bond acceptors (Lipinski definition) is 3. The summed E-state index contributed by atoms with van der Waals surface area (Å²) in [6.07, 6.45) is 2.81. The summed E-state index contributed by atoms with van der Waals surface area (Å²) < 4.78 is 0. The normalized spacial score (nSPS) is 16.4. The van der Waals surface area contributed by atoms with Gasteiger partial charge in [0.25, 0.3) is 0 Å². The predicted octanol–water partition coefficient (Wildman–Crippen LogP) is 1.93. The van der Waals surface area contributed by atoms with Crippen molar-refractivity contribution in [2.75, 3.05) is 20.1 Å². The lowest BCUT2D eigenvalue weighted by Gasteiger charge is -2.15. The lowest BCUT2D eigenvalue weighted by molar-refractivity contribution is 0.322. The fraction of sp³-hybridized carbons (Fsp3) is 0.636. The molecule has 1 aliphatic carbocycles. The fourth-order valence-corrected chi connectivity index (χ4v) is 2.25. The Morgan fingerprint density at radius 3 is 3.07 bits per heavy atom. The summed E-state index contributed by atoms with van der Waals surface area (Å²) >= 11 is 1.82. The summed E-state index contributed by atoms with van der Waals surface area (Å²) in [4.78, 5) is 3.89. The number of hydrogen-bond donors (Lipinski definition) is 1. The quantitative estimate of drug-likeness (QED) is 0.722. The van der Waals surface area contributed by atoms with E-state index in [2.05, 4.69) is 34.8 Å². The zero-order valence-corrected chi connectivity index (χ0v) is 9.52. The molecule has 1 saturated carbocycles. The van der Waals surface area contributed by atoms with Crippen molar-refractivity contribution in [3.63, 3.8) is 0 Å². The van der Waals surface area contributed by atoms with E-state index >= 15 is 0 Å². The Hall–Kier alpha value is -0.380. The number of nitrogens with zero attached hydrogens (tertiary/aromatic N) is 1. The molecule has 78 valence electrons. The molecule has 0 atom stereocenters. The van der Waals surface area contributed by atoms with E-state index in [9.17, 15) is 0 Å². The van der Waals surface area contributed by atoms with E-state index in [0.29, 0.717) is 0 Å². The molecule has 2 nitrogen and oxygen atoms in total. The van der Waals surface area contributed by atoms with Gasteiger partial charge < -0.3 is 10.2 Å². The Morgan fingerprint density at radius 1 is 1.57 bits per heavy atom. The largest absolute Gasteiger partial charge is 0.311 e. The van der Waals surface area contributed by atoms with Gasteiger partial charge in [-0.2, -0.15) is 0 Å². The molecular weight excluding hydrogens is 192 g/mol. The van der Waals surface area contributed by atoms with E-state index in [1.807, 2.05) is 11.3 Å². The summed E-state index contributed by atoms with van der Waals surface area (Å²) in [6.45, 7) is 3.30. The second-order valence-electron chi connectivity index (χ2n) is 3.97. The van der Waals surface area contributed by atoms with E-state index in [-0.39, 0.29) is 0 Å². The van der Waals surface area contributed by atoms with Crippen LogP contribution in [0.3, 0.4) is 0 Å². The average molecular weight is 210 g/mol. The maximum absolute atomic E-state index is 3.47. The average Bonchev–Trinajstić information content (AvgIpc) is 2.92. The van der Waals surface area contributed by atoms with E-state index in [0.717, 1.165) is 19.1 Å². The molecule has 1 N–H and O–H groups in total. The maximum Gasteiger partial charge on any atom is 0.0300 e. The molecule has 0 amide bonds. The molecule has 1 aromatic rings. The molecule has 0 unspecified atom stereocenters. The highest BCUT2D eigenvalue weighted by Gasteiger charge is 2.25. The first-order chi connectivity index (χ1) is 6.86. The van der Waals surface area contributed by atoms with Crippen LogP contribution < -0.4 is 5.32 Å². The first-order valence-corrected chi connectivity index (χ1v) is 6.17. The zero-order chi connectivity index (χ0) is 9.80. The van der Waals surface area contributed by atoms with Gasteiger partial charge in [0, 0.05) is 30.6 Å². The van der Waals surface area contributed by atoms with Crippen LogP contribution in [0.2, 0.25) is 0 Å². The minimum Gasteiger partial charge on any atom is -0.311 e. The van der Waals surface area contributed by atoms with Gasteiger partial charge in [-0.15, -0.1) is 11.3 Å². The minimum atomic E-state index is 0.888. The lowest BCUT2D eigenvalue weighted by atomic mass is 10.4. The molecule has 1 aromatic heterocycles. The smallest absolute Gasteiger partial charge is 0.0300 e. The summed E-state index contributed by atoms with van der Waals surface area (Å²) in [5, 5.41) is 5.60. The number of thiophene rings is 1. The highest BCUT2D eigenvalue weighted by molar-refractivity contribution is 7.09. The molecule has 14 heavy (non-hydrogen) atoms. The van der Waals surface area contributed by atoms with Gasteiger partial charge in [0.05, 0.1) is 0 Å². The monoisotopic (exact) mass is 210 g/mol. The van der Waals surface area contributed by atoms with Gasteiger partial charge in [0.1, 0.15) is 0 Å². The van der Waals surface area contributed by atoms with Crippen molar-refractivity contribution in [3.05, 3.63) is 22.4 Å². The van der Waals surface area contributed by atoms with E-state index in [1.54, 1.807) is 0 Å². The van der Waals surface area contributed by atoms with Gasteiger partial charge in [-0.05, 0) is 31.3 Å². The zero-order valence-electron chi connectivity index (χ0n) is 8.70.